The van der Waals surface area contributed by atoms with Crippen molar-refractivity contribution in [3.8, 4) is 0 Å². The van der Waals surface area contributed by atoms with Crippen molar-refractivity contribution in [1.82, 2.24) is 4.90 Å². The number of hydrogen-bond acceptors (Lipinski definition) is 3. The fourth-order valence-corrected chi connectivity index (χ4v) is 3.67. The van der Waals surface area contributed by atoms with E-state index in [1.54, 1.807) is 4.90 Å². The summed E-state index contributed by atoms with van der Waals surface area (Å²) >= 11 is 0. The number of ether oxygens (including phenoxy) is 1. The monoisotopic (exact) mass is 281 g/mol. The van der Waals surface area contributed by atoms with Crippen LogP contribution in [-0.4, -0.2) is 36.0 Å². The molecular formula is C16H27NO3. The Morgan fingerprint density at radius 1 is 1.20 bits per heavy atom. The lowest BCUT2D eigenvalue weighted by Crippen LogP contribution is -2.48. The standard InChI is InChI=1S/C16H27NO3/c1-4-20-15(19)13-9-7-11-17(13)14(18)12-8-5-6-10-16(12,2)3/h12-13H,4-11H2,1-3H3. The Balaban J connectivity index is 2.09. The molecule has 0 N–H and O–H groups in total. The summed E-state index contributed by atoms with van der Waals surface area (Å²) < 4.78 is 5.11. The van der Waals surface area contributed by atoms with Gasteiger partial charge < -0.3 is 9.64 Å². The Bertz CT molecular complexity index is 378. The highest BCUT2D eigenvalue weighted by Gasteiger charge is 2.43. The van der Waals surface area contributed by atoms with Gasteiger partial charge in [-0.05, 0) is 38.0 Å². The fourth-order valence-electron chi connectivity index (χ4n) is 3.67. The van der Waals surface area contributed by atoms with Crippen LogP contribution in [-0.2, 0) is 14.3 Å². The molecule has 4 nitrogen and oxygen atoms in total. The minimum atomic E-state index is -0.347. The average Bonchev–Trinajstić information content (AvgIpc) is 2.87. The molecule has 2 aliphatic rings. The summed E-state index contributed by atoms with van der Waals surface area (Å²) in [6.45, 7) is 7.26. The zero-order valence-electron chi connectivity index (χ0n) is 13.0. The number of hydrogen-bond donors (Lipinski definition) is 0. The van der Waals surface area contributed by atoms with Crippen molar-refractivity contribution in [1.29, 1.82) is 0 Å². The second-order valence-electron chi connectivity index (χ2n) is 6.73. The first-order chi connectivity index (χ1) is 9.47. The quantitative estimate of drug-likeness (QED) is 0.747. The minimum absolute atomic E-state index is 0.0527. The summed E-state index contributed by atoms with van der Waals surface area (Å²) in [7, 11) is 0. The normalized spacial score (nSPS) is 29.2. The van der Waals surface area contributed by atoms with Crippen molar-refractivity contribution in [2.75, 3.05) is 13.2 Å². The van der Waals surface area contributed by atoms with Gasteiger partial charge in [0.25, 0.3) is 0 Å². The van der Waals surface area contributed by atoms with Crippen molar-refractivity contribution in [2.45, 2.75) is 65.3 Å². The summed E-state index contributed by atoms with van der Waals surface area (Å²) in [5, 5.41) is 0. The Hall–Kier alpha value is -1.06. The van der Waals surface area contributed by atoms with Crippen molar-refractivity contribution in [3.63, 3.8) is 0 Å². The summed E-state index contributed by atoms with van der Waals surface area (Å²) in [4.78, 5) is 26.6. The van der Waals surface area contributed by atoms with Gasteiger partial charge in [-0.25, -0.2) is 4.79 Å². The first kappa shape index (κ1) is 15.3. The molecule has 0 spiro atoms. The van der Waals surface area contributed by atoms with Crippen LogP contribution in [0.25, 0.3) is 0 Å². The van der Waals surface area contributed by atoms with E-state index in [4.69, 9.17) is 4.74 Å². The van der Waals surface area contributed by atoms with Gasteiger partial charge in [0.1, 0.15) is 6.04 Å². The lowest BCUT2D eigenvalue weighted by atomic mass is 9.68. The van der Waals surface area contributed by atoms with Gasteiger partial charge >= 0.3 is 5.97 Å². The lowest BCUT2D eigenvalue weighted by molar-refractivity contribution is -0.156. The molecule has 1 amide bonds. The smallest absolute Gasteiger partial charge is 0.328 e. The van der Waals surface area contributed by atoms with Gasteiger partial charge in [0.05, 0.1) is 6.61 Å². The molecule has 2 atom stereocenters. The summed E-state index contributed by atoms with van der Waals surface area (Å²) in [6.07, 6.45) is 6.04. The minimum Gasteiger partial charge on any atom is -0.464 e. The Morgan fingerprint density at radius 2 is 1.95 bits per heavy atom. The van der Waals surface area contributed by atoms with Crippen LogP contribution in [0.1, 0.15) is 59.3 Å². The van der Waals surface area contributed by atoms with E-state index in [1.165, 1.54) is 6.42 Å². The van der Waals surface area contributed by atoms with Crippen LogP contribution in [0.2, 0.25) is 0 Å². The van der Waals surface area contributed by atoms with Crippen molar-refractivity contribution in [2.24, 2.45) is 11.3 Å². The molecule has 0 bridgehead atoms. The highest BCUT2D eigenvalue weighted by Crippen LogP contribution is 2.42. The highest BCUT2D eigenvalue weighted by atomic mass is 16.5. The van der Waals surface area contributed by atoms with E-state index >= 15 is 0 Å². The Morgan fingerprint density at radius 3 is 2.60 bits per heavy atom. The zero-order chi connectivity index (χ0) is 14.8. The molecule has 1 heterocycles. The van der Waals surface area contributed by atoms with Crippen LogP contribution < -0.4 is 0 Å². The van der Waals surface area contributed by atoms with Gasteiger partial charge in [0.2, 0.25) is 5.91 Å². The van der Waals surface area contributed by atoms with E-state index in [-0.39, 0.29) is 29.3 Å². The maximum atomic E-state index is 12.9. The van der Waals surface area contributed by atoms with E-state index in [9.17, 15) is 9.59 Å². The van der Waals surface area contributed by atoms with E-state index < -0.39 is 0 Å². The molecule has 1 saturated carbocycles. The molecule has 0 aromatic rings. The Kier molecular flexibility index (Phi) is 4.71. The van der Waals surface area contributed by atoms with Gasteiger partial charge in [0, 0.05) is 12.5 Å². The third kappa shape index (κ3) is 2.99. The number of amides is 1. The predicted molar refractivity (Wildman–Crippen MR) is 77.1 cm³/mol. The molecule has 0 aromatic heterocycles. The average molecular weight is 281 g/mol. The molecule has 2 rings (SSSR count). The molecule has 1 aliphatic heterocycles. The molecule has 2 fully saturated rings. The van der Waals surface area contributed by atoms with Crippen LogP contribution in [0.3, 0.4) is 0 Å². The molecule has 1 aliphatic carbocycles. The van der Waals surface area contributed by atoms with Crippen molar-refractivity contribution >= 4 is 11.9 Å². The molecule has 1 saturated heterocycles. The molecule has 0 radical (unpaired) electrons. The number of esters is 1. The van der Waals surface area contributed by atoms with E-state index in [0.717, 1.165) is 32.1 Å². The Labute approximate surface area is 121 Å². The van der Waals surface area contributed by atoms with Gasteiger partial charge in [-0.3, -0.25) is 4.79 Å². The first-order valence-electron chi connectivity index (χ1n) is 7.94. The van der Waals surface area contributed by atoms with E-state index in [2.05, 4.69) is 13.8 Å². The number of carbonyl (C=O) groups is 2. The second-order valence-corrected chi connectivity index (χ2v) is 6.73. The summed E-state index contributed by atoms with van der Waals surface area (Å²) in [5.41, 5.74) is 0.0527. The van der Waals surface area contributed by atoms with Gasteiger partial charge in [-0.1, -0.05) is 26.7 Å². The number of nitrogens with zero attached hydrogens (tertiary/aromatic N) is 1. The fraction of sp³-hybridized carbons (Fsp3) is 0.875. The highest BCUT2D eigenvalue weighted by molar-refractivity contribution is 5.87. The molecular weight excluding hydrogens is 254 g/mol. The topological polar surface area (TPSA) is 46.6 Å². The lowest BCUT2D eigenvalue weighted by Gasteiger charge is -2.40. The molecule has 20 heavy (non-hydrogen) atoms. The molecule has 114 valence electrons. The van der Waals surface area contributed by atoms with Gasteiger partial charge in [0.15, 0.2) is 0 Å². The molecule has 2 unspecified atom stereocenters. The van der Waals surface area contributed by atoms with E-state index in [0.29, 0.717) is 13.2 Å². The summed E-state index contributed by atoms with van der Waals surface area (Å²) in [6, 6.07) is -0.347. The van der Waals surface area contributed by atoms with Gasteiger partial charge in [-0.2, -0.15) is 0 Å². The number of likely N-dealkylation sites (tertiary alicyclic amines) is 1. The molecule has 4 heteroatoms. The summed E-state index contributed by atoms with van der Waals surface area (Å²) in [5.74, 6) is 0.00324. The third-order valence-electron chi connectivity index (χ3n) is 4.90. The third-order valence-corrected chi connectivity index (χ3v) is 4.90. The maximum Gasteiger partial charge on any atom is 0.328 e. The van der Waals surface area contributed by atoms with Gasteiger partial charge in [-0.15, -0.1) is 0 Å². The van der Waals surface area contributed by atoms with Crippen LogP contribution >= 0.6 is 0 Å². The zero-order valence-corrected chi connectivity index (χ0v) is 13.0. The van der Waals surface area contributed by atoms with Crippen molar-refractivity contribution < 1.29 is 14.3 Å². The predicted octanol–water partition coefficient (Wildman–Crippen LogP) is 2.76. The SMILES string of the molecule is CCOC(=O)C1CCCN1C(=O)C1CCCCC1(C)C. The van der Waals surface area contributed by atoms with Crippen molar-refractivity contribution in [3.05, 3.63) is 0 Å². The number of carbonyl (C=O) groups excluding carboxylic acids is 2. The van der Waals surface area contributed by atoms with Crippen LogP contribution in [0.5, 0.6) is 0 Å². The van der Waals surface area contributed by atoms with Crippen LogP contribution in [0.4, 0.5) is 0 Å². The maximum absolute atomic E-state index is 12.9. The second kappa shape index (κ2) is 6.15. The number of rotatable bonds is 3. The van der Waals surface area contributed by atoms with Crippen LogP contribution in [0.15, 0.2) is 0 Å². The van der Waals surface area contributed by atoms with Crippen LogP contribution in [0, 0.1) is 11.3 Å². The largest absolute Gasteiger partial charge is 0.464 e. The van der Waals surface area contributed by atoms with E-state index in [1.807, 2.05) is 6.92 Å². The first-order valence-corrected chi connectivity index (χ1v) is 7.94. The molecule has 0 aromatic carbocycles.